The van der Waals surface area contributed by atoms with Crippen molar-refractivity contribution in [2.45, 2.75) is 76.2 Å². The van der Waals surface area contributed by atoms with Gasteiger partial charge in [0.2, 0.25) is 5.91 Å². The number of carboxylic acid groups (broad SMARTS) is 1. The lowest BCUT2D eigenvalue weighted by molar-refractivity contribution is -0.151. The third-order valence-corrected chi connectivity index (χ3v) is 7.99. The molecule has 0 saturated heterocycles. The van der Waals surface area contributed by atoms with Crippen LogP contribution in [0.5, 0.6) is 0 Å². The van der Waals surface area contributed by atoms with Gasteiger partial charge >= 0.3 is 5.97 Å². The van der Waals surface area contributed by atoms with Crippen molar-refractivity contribution in [1.29, 1.82) is 0 Å². The number of aryl methyl sites for hydroxylation is 1. The summed E-state index contributed by atoms with van der Waals surface area (Å²) in [7, 11) is 0. The Morgan fingerprint density at radius 2 is 1.32 bits per heavy atom. The van der Waals surface area contributed by atoms with Gasteiger partial charge in [-0.3, -0.25) is 4.79 Å². The molecule has 1 amide bonds. The molecule has 0 aliphatic heterocycles. The third-order valence-electron chi connectivity index (χ3n) is 7.99. The van der Waals surface area contributed by atoms with Gasteiger partial charge in [0.1, 0.15) is 6.04 Å². The lowest BCUT2D eigenvalue weighted by Gasteiger charge is -2.33. The molecule has 0 bridgehead atoms. The molecule has 1 saturated carbocycles. The van der Waals surface area contributed by atoms with Gasteiger partial charge in [0.25, 0.3) is 0 Å². The summed E-state index contributed by atoms with van der Waals surface area (Å²) in [4.78, 5) is 28.6. The minimum absolute atomic E-state index is 0.126. The van der Waals surface area contributed by atoms with Gasteiger partial charge in [-0.2, -0.15) is 0 Å². The fourth-order valence-corrected chi connectivity index (χ4v) is 5.91. The van der Waals surface area contributed by atoms with Gasteiger partial charge in [-0.25, -0.2) is 4.79 Å². The molecule has 3 aromatic carbocycles. The Morgan fingerprint density at radius 3 is 1.87 bits per heavy atom. The Morgan fingerprint density at radius 1 is 0.763 bits per heavy atom. The van der Waals surface area contributed by atoms with E-state index in [4.69, 9.17) is 0 Å². The van der Waals surface area contributed by atoms with Crippen molar-refractivity contribution in [3.8, 4) is 0 Å². The van der Waals surface area contributed by atoms with Crippen LogP contribution in [0.15, 0.2) is 91.0 Å². The van der Waals surface area contributed by atoms with Gasteiger partial charge < -0.3 is 10.0 Å². The van der Waals surface area contributed by atoms with E-state index in [1.54, 1.807) is 4.90 Å². The number of carbonyl (C=O) groups excluding carboxylic acids is 1. The second-order valence-corrected chi connectivity index (χ2v) is 10.7. The number of amides is 1. The molecule has 0 aromatic heterocycles. The molecule has 38 heavy (non-hydrogen) atoms. The highest BCUT2D eigenvalue weighted by Crippen LogP contribution is 2.31. The average molecular weight is 512 g/mol. The largest absolute Gasteiger partial charge is 0.480 e. The van der Waals surface area contributed by atoms with Crippen LogP contribution in [0.25, 0.3) is 0 Å². The predicted octanol–water partition coefficient (Wildman–Crippen LogP) is 7.48. The summed E-state index contributed by atoms with van der Waals surface area (Å²) in [6.07, 6.45) is 10.7. The molecule has 0 radical (unpaired) electrons. The summed E-state index contributed by atoms with van der Waals surface area (Å²) in [6, 6.07) is 28.6. The van der Waals surface area contributed by atoms with Gasteiger partial charge in [0.15, 0.2) is 0 Å². The van der Waals surface area contributed by atoms with E-state index in [1.807, 2.05) is 91.0 Å². The normalized spacial score (nSPS) is 14.4. The number of carboxylic acids is 1. The Labute approximate surface area is 227 Å². The summed E-state index contributed by atoms with van der Waals surface area (Å²) in [6.45, 7) is 0.464. The highest BCUT2D eigenvalue weighted by Gasteiger charge is 2.34. The van der Waals surface area contributed by atoms with Gasteiger partial charge in [-0.05, 0) is 41.9 Å². The van der Waals surface area contributed by atoms with E-state index < -0.39 is 17.9 Å². The van der Waals surface area contributed by atoms with Gasteiger partial charge in [0.05, 0.1) is 5.92 Å². The maximum atomic E-state index is 14.3. The Balaban J connectivity index is 1.55. The molecule has 200 valence electrons. The van der Waals surface area contributed by atoms with E-state index in [9.17, 15) is 14.7 Å². The molecular formula is C34H41NO3. The van der Waals surface area contributed by atoms with Crippen molar-refractivity contribution < 1.29 is 14.7 Å². The van der Waals surface area contributed by atoms with Crippen molar-refractivity contribution in [3.63, 3.8) is 0 Å². The molecule has 0 spiro atoms. The molecule has 4 rings (SSSR count). The summed E-state index contributed by atoms with van der Waals surface area (Å²) in [5, 5.41) is 10.3. The Hall–Kier alpha value is -3.40. The molecule has 1 atom stereocenters. The second kappa shape index (κ2) is 14.5. The Kier molecular flexibility index (Phi) is 10.6. The highest BCUT2D eigenvalue weighted by molar-refractivity contribution is 5.90. The van der Waals surface area contributed by atoms with Gasteiger partial charge in [0, 0.05) is 6.54 Å². The summed E-state index contributed by atoms with van der Waals surface area (Å²) in [5.74, 6) is -0.737. The van der Waals surface area contributed by atoms with Crippen molar-refractivity contribution in [2.75, 3.05) is 6.54 Å². The van der Waals surface area contributed by atoms with Crippen LogP contribution in [0.4, 0.5) is 0 Å². The summed E-state index contributed by atoms with van der Waals surface area (Å²) < 4.78 is 0. The maximum absolute atomic E-state index is 14.3. The van der Waals surface area contributed by atoms with Crippen LogP contribution in [-0.2, 0) is 16.0 Å². The highest BCUT2D eigenvalue weighted by atomic mass is 16.4. The molecular weight excluding hydrogens is 470 g/mol. The number of aliphatic carboxylic acids is 1. The first-order valence-corrected chi connectivity index (χ1v) is 14.3. The van der Waals surface area contributed by atoms with E-state index in [0.717, 1.165) is 41.9 Å². The van der Waals surface area contributed by atoms with E-state index in [2.05, 4.69) is 0 Å². The van der Waals surface area contributed by atoms with Crippen LogP contribution >= 0.6 is 0 Å². The van der Waals surface area contributed by atoms with Crippen LogP contribution in [0.1, 0.15) is 80.4 Å². The standard InChI is InChI=1S/C34H41NO3/c36-33(32(29-20-8-2-9-21-29)30-22-10-3-11-23-30)35(26-14-4-7-15-27-18-12-13-19-27)31(34(37)38)25-24-28-16-5-1-6-17-28/h1-3,5-6,8-11,16-17,20-23,27,31-32H,4,7,12-15,18-19,24-26H2,(H,37,38). The van der Waals surface area contributed by atoms with Gasteiger partial charge in [-0.1, -0.05) is 136 Å². The SMILES string of the molecule is O=C(O)C(CCc1ccccc1)N(CCCCCC1CCCC1)C(=O)C(c1ccccc1)c1ccccc1. The number of unbranched alkanes of at least 4 members (excludes halogenated alkanes) is 2. The predicted molar refractivity (Wildman–Crippen MR) is 153 cm³/mol. The monoisotopic (exact) mass is 511 g/mol. The fraction of sp³-hybridized carbons (Fsp3) is 0.412. The van der Waals surface area contributed by atoms with Crippen molar-refractivity contribution >= 4 is 11.9 Å². The smallest absolute Gasteiger partial charge is 0.326 e. The van der Waals surface area contributed by atoms with Gasteiger partial charge in [-0.15, -0.1) is 0 Å². The molecule has 1 unspecified atom stereocenters. The molecule has 4 heteroatoms. The van der Waals surface area contributed by atoms with E-state index in [1.165, 1.54) is 32.1 Å². The molecule has 4 nitrogen and oxygen atoms in total. The van der Waals surface area contributed by atoms with Crippen LogP contribution in [0, 0.1) is 5.92 Å². The second-order valence-electron chi connectivity index (χ2n) is 10.7. The van der Waals surface area contributed by atoms with Crippen molar-refractivity contribution in [2.24, 2.45) is 5.92 Å². The number of nitrogens with zero attached hydrogens (tertiary/aromatic N) is 1. The molecule has 3 aromatic rings. The zero-order chi connectivity index (χ0) is 26.6. The topological polar surface area (TPSA) is 57.6 Å². The minimum Gasteiger partial charge on any atom is -0.480 e. The quantitative estimate of drug-likeness (QED) is 0.228. The summed E-state index contributed by atoms with van der Waals surface area (Å²) >= 11 is 0. The first-order chi connectivity index (χ1) is 18.6. The molecule has 0 heterocycles. The lowest BCUT2D eigenvalue weighted by Crippen LogP contribution is -2.48. The number of rotatable bonds is 14. The van der Waals surface area contributed by atoms with Crippen molar-refractivity contribution in [1.82, 2.24) is 4.90 Å². The fourth-order valence-electron chi connectivity index (χ4n) is 5.91. The number of hydrogen-bond acceptors (Lipinski definition) is 2. The maximum Gasteiger partial charge on any atom is 0.326 e. The van der Waals surface area contributed by atoms with Crippen molar-refractivity contribution in [3.05, 3.63) is 108 Å². The Bertz CT molecular complexity index is 1070. The third kappa shape index (κ3) is 7.80. The number of hydrogen-bond donors (Lipinski definition) is 1. The van der Waals surface area contributed by atoms with Crippen LogP contribution in [0.3, 0.4) is 0 Å². The molecule has 1 aliphatic carbocycles. The molecule has 1 fully saturated rings. The van der Waals surface area contributed by atoms with E-state index >= 15 is 0 Å². The first-order valence-electron chi connectivity index (χ1n) is 14.3. The molecule has 1 aliphatic rings. The van der Waals surface area contributed by atoms with Crippen LogP contribution in [0.2, 0.25) is 0 Å². The zero-order valence-electron chi connectivity index (χ0n) is 22.4. The van der Waals surface area contributed by atoms with E-state index in [0.29, 0.717) is 19.4 Å². The molecule has 1 N–H and O–H groups in total. The van der Waals surface area contributed by atoms with Crippen LogP contribution < -0.4 is 0 Å². The summed E-state index contributed by atoms with van der Waals surface area (Å²) in [5.41, 5.74) is 2.87. The lowest BCUT2D eigenvalue weighted by atomic mass is 9.89. The minimum atomic E-state index is -0.930. The van der Waals surface area contributed by atoms with E-state index in [-0.39, 0.29) is 5.91 Å². The number of benzene rings is 3. The first kappa shape index (κ1) is 27.6. The van der Waals surface area contributed by atoms with Crippen LogP contribution in [-0.4, -0.2) is 34.5 Å². The zero-order valence-corrected chi connectivity index (χ0v) is 22.4. The average Bonchev–Trinajstić information content (AvgIpc) is 3.47. The number of carbonyl (C=O) groups is 2.